The van der Waals surface area contributed by atoms with Crippen molar-refractivity contribution in [1.82, 2.24) is 0 Å². The summed E-state index contributed by atoms with van der Waals surface area (Å²) in [6.07, 6.45) is 0. The van der Waals surface area contributed by atoms with Gasteiger partial charge < -0.3 is 13.6 Å². The Kier molecular flexibility index (Phi) is 6.73. The number of ether oxygens (including phenoxy) is 2. The van der Waals surface area contributed by atoms with Crippen molar-refractivity contribution in [3.05, 3.63) is 236 Å². The van der Waals surface area contributed by atoms with Crippen LogP contribution in [0.25, 0.3) is 11.1 Å². The fourth-order valence-corrected chi connectivity index (χ4v) is 19.4. The first kappa shape index (κ1) is 26.9. The summed E-state index contributed by atoms with van der Waals surface area (Å²) in [5.41, 5.74) is 0.406. The molecule has 0 aliphatic carbocycles. The summed E-state index contributed by atoms with van der Waals surface area (Å²) in [6, 6.07) is 54.3. The Hall–Kier alpha value is -6.96. The lowest BCUT2D eigenvalue weighted by Gasteiger charge is -2.44. The van der Waals surface area contributed by atoms with Crippen LogP contribution in [0, 0.1) is 0 Å². The highest BCUT2D eigenvalue weighted by atomic mass is 28.4. The summed E-state index contributed by atoms with van der Waals surface area (Å²) in [6.45, 7) is -1.30. The first-order valence-corrected chi connectivity index (χ1v) is 23.5. The molecule has 0 atom stereocenters. The van der Waals surface area contributed by atoms with Gasteiger partial charge in [-0.05, 0) is 77.3 Å². The molecule has 3 nitrogen and oxygen atoms in total. The second kappa shape index (κ2) is 15.0. The second-order valence-corrected chi connectivity index (χ2v) is 21.7. The van der Waals surface area contributed by atoms with E-state index in [1.54, 1.807) is 6.07 Å². The third kappa shape index (κ3) is 5.91. The topological polar surface area (TPSA) is 27.7 Å². The maximum atomic E-state index is 9.99. The number of hydrogen-bond acceptors (Lipinski definition) is 3. The third-order valence-corrected chi connectivity index (χ3v) is 20.7. The van der Waals surface area contributed by atoms with Crippen LogP contribution in [0.2, 0.25) is 0 Å². The van der Waals surface area contributed by atoms with Gasteiger partial charge in [-0.2, -0.15) is 0 Å². The van der Waals surface area contributed by atoms with Crippen LogP contribution in [0.4, 0.5) is 0 Å². The van der Waals surface area contributed by atoms with E-state index < -0.39 is 71.7 Å². The van der Waals surface area contributed by atoms with E-state index in [1.807, 2.05) is 109 Å². The summed E-state index contributed by atoms with van der Waals surface area (Å²) in [4.78, 5) is 0. The van der Waals surface area contributed by atoms with Crippen LogP contribution in [-0.4, -0.2) is 23.3 Å². The highest BCUT2D eigenvalue weighted by Gasteiger charge is 2.53. The molecule has 9 aromatic rings. The Morgan fingerprint density at radius 2 is 0.750 bits per heavy atom. The van der Waals surface area contributed by atoms with Gasteiger partial charge in [0.1, 0.15) is 23.0 Å². The second-order valence-electron chi connectivity index (χ2n) is 14.7. The molecule has 0 saturated carbocycles. The maximum Gasteiger partial charge on any atom is 0.278 e. The summed E-state index contributed by atoms with van der Waals surface area (Å²) in [5, 5.41) is 5.78. The molecule has 2 aliphatic rings. The number of benzene rings is 9. The van der Waals surface area contributed by atoms with Gasteiger partial charge >= 0.3 is 0 Å². The first-order valence-electron chi connectivity index (χ1n) is 24.7. The van der Waals surface area contributed by atoms with Gasteiger partial charge in [-0.25, -0.2) is 0 Å². The lowest BCUT2D eigenvalue weighted by Crippen LogP contribution is -2.81. The quantitative estimate of drug-likeness (QED) is 0.120. The number of rotatable bonds is 9. The zero-order valence-electron chi connectivity index (χ0n) is 42.0. The number of fused-ring (bicyclic) bond motifs is 4. The minimum Gasteiger partial charge on any atom is -0.458 e. The van der Waals surface area contributed by atoms with Crippen molar-refractivity contribution in [3.63, 3.8) is 0 Å². The van der Waals surface area contributed by atoms with Gasteiger partial charge in [0, 0.05) is 5.46 Å². The molecule has 0 bridgehead atoms. The van der Waals surface area contributed by atoms with Crippen molar-refractivity contribution >= 4 is 70.9 Å². The fraction of sp³-hybridized carbons (Fsp3) is 0. The Labute approximate surface area is 367 Å². The van der Waals surface area contributed by atoms with Crippen LogP contribution < -0.4 is 57.0 Å². The molecule has 0 aromatic heterocycles. The average molecular weight is 813 g/mol. The predicted molar refractivity (Wildman–Crippen MR) is 252 cm³/mol. The minimum atomic E-state index is -3.79. The lowest BCUT2D eigenvalue weighted by atomic mass is 9.35. The van der Waals surface area contributed by atoms with Crippen LogP contribution >= 0.6 is 0 Å². The largest absolute Gasteiger partial charge is 0.458 e. The van der Waals surface area contributed by atoms with E-state index in [-0.39, 0.29) is 57.0 Å². The van der Waals surface area contributed by atoms with E-state index >= 15 is 0 Å². The van der Waals surface area contributed by atoms with E-state index in [9.17, 15) is 2.74 Å². The zero-order chi connectivity index (χ0) is 48.6. The molecule has 2 aliphatic heterocycles. The normalized spacial score (nSPS) is 15.0. The number of hydrogen-bond donors (Lipinski definition) is 0. The minimum absolute atomic E-state index is 0.0648. The van der Waals surface area contributed by atoms with E-state index in [0.717, 1.165) is 31.1 Å². The molecule has 9 aromatic carbocycles. The monoisotopic (exact) mass is 812 g/mol. The molecular weight excluding hydrogens is 764 g/mol. The van der Waals surface area contributed by atoms with E-state index in [0.29, 0.717) is 5.56 Å². The fourth-order valence-electron chi connectivity index (χ4n) is 8.73. The molecule has 2 heterocycles. The molecule has 6 heteroatoms. The highest BCUT2D eigenvalue weighted by Crippen LogP contribution is 2.38. The van der Waals surface area contributed by atoms with E-state index in [1.165, 1.54) is 0 Å². The zero-order valence-corrected chi connectivity index (χ0v) is 34.0. The van der Waals surface area contributed by atoms with Crippen LogP contribution in [0.3, 0.4) is 0 Å². The standard InChI is InChI=1S/C54H39BO3Si2/c1-6-22-42(23-7-1)59(43-24-8-2-9-25-43,44-26-10-3-11-27-44)58-60(45-28-12-4-13-29-45,46-30-14-5-15-31-46)47-32-20-21-40(37-47)41-38-52-54-53(39-41)57-51-36-19-17-34-49(51)55(54)48-33-16-18-35-50(48)56-52/h1-39H/i16D,17D,18D,19D,33D,34D,35D,36D,38D,39D. The number of para-hydroxylation sites is 2. The Balaban J connectivity index is 1.21. The van der Waals surface area contributed by atoms with Gasteiger partial charge in [0.25, 0.3) is 23.3 Å². The molecule has 284 valence electrons. The van der Waals surface area contributed by atoms with Gasteiger partial charge in [0.15, 0.2) is 0 Å². The van der Waals surface area contributed by atoms with Gasteiger partial charge in [0.2, 0.25) is 0 Å². The summed E-state index contributed by atoms with van der Waals surface area (Å²) in [7, 11) is -7.34. The summed E-state index contributed by atoms with van der Waals surface area (Å²) < 4.78 is 112. The molecule has 0 unspecified atom stereocenters. The smallest absolute Gasteiger partial charge is 0.278 e. The van der Waals surface area contributed by atoms with Crippen molar-refractivity contribution in [2.75, 3.05) is 0 Å². The van der Waals surface area contributed by atoms with Crippen molar-refractivity contribution in [2.45, 2.75) is 0 Å². The summed E-state index contributed by atoms with van der Waals surface area (Å²) >= 11 is 0. The van der Waals surface area contributed by atoms with Crippen LogP contribution in [0.1, 0.15) is 13.7 Å². The molecule has 11 rings (SSSR count). The van der Waals surface area contributed by atoms with Crippen LogP contribution in [-0.2, 0) is 4.12 Å². The third-order valence-electron chi connectivity index (χ3n) is 11.4. The lowest BCUT2D eigenvalue weighted by molar-refractivity contribution is 0.465. The van der Waals surface area contributed by atoms with E-state index in [2.05, 4.69) is 60.7 Å². The van der Waals surface area contributed by atoms with Crippen molar-refractivity contribution in [2.24, 2.45) is 0 Å². The highest BCUT2D eigenvalue weighted by molar-refractivity contribution is 7.18. The van der Waals surface area contributed by atoms with Crippen molar-refractivity contribution in [1.29, 1.82) is 0 Å². The van der Waals surface area contributed by atoms with Crippen LogP contribution in [0.5, 0.6) is 23.0 Å². The average Bonchev–Trinajstić information content (AvgIpc) is 3.41. The predicted octanol–water partition coefficient (Wildman–Crippen LogP) is 6.73. The van der Waals surface area contributed by atoms with Gasteiger partial charge in [-0.15, -0.1) is 0 Å². The Morgan fingerprint density at radius 3 is 1.17 bits per heavy atom. The van der Waals surface area contributed by atoms with Gasteiger partial charge in [-0.1, -0.05) is 212 Å². The van der Waals surface area contributed by atoms with Gasteiger partial charge in [-0.3, -0.25) is 0 Å². The van der Waals surface area contributed by atoms with Crippen molar-refractivity contribution in [3.8, 4) is 34.1 Å². The molecule has 0 N–H and O–H groups in total. The molecule has 0 saturated heterocycles. The molecule has 0 radical (unpaired) electrons. The van der Waals surface area contributed by atoms with E-state index in [4.69, 9.17) is 24.6 Å². The molecule has 0 spiro atoms. The maximum absolute atomic E-state index is 9.99. The van der Waals surface area contributed by atoms with Crippen LogP contribution in [0.15, 0.2) is 236 Å². The molecule has 0 amide bonds. The molecule has 60 heavy (non-hydrogen) atoms. The summed E-state index contributed by atoms with van der Waals surface area (Å²) in [5.74, 6) is -0.863. The first-order chi connectivity index (χ1) is 33.9. The Bertz CT molecular complexity index is 3310. The molecular formula is C54H39BO3Si2. The van der Waals surface area contributed by atoms with Crippen molar-refractivity contribution < 1.29 is 27.3 Å². The Morgan fingerprint density at radius 1 is 0.383 bits per heavy atom. The molecule has 0 fully saturated rings. The SMILES string of the molecule is [2H]c1c([2H])c([2H])c2c(c1[2H])Oc1c([2H])c(-c3cccc([Si](O[Si](c4ccccc4)(c4ccccc4)c4ccccc4)(c4ccccc4)c4ccccc4)c3)c([2H])c3c1B2c1c([2H])c([2H])c([2H])c([2H])c1O3. The van der Waals surface area contributed by atoms with Gasteiger partial charge in [0.05, 0.1) is 13.7 Å².